The van der Waals surface area contributed by atoms with Crippen LogP contribution in [0.4, 0.5) is 17.2 Å². The van der Waals surface area contributed by atoms with Crippen LogP contribution in [0.1, 0.15) is 12.1 Å². The summed E-state index contributed by atoms with van der Waals surface area (Å²) in [7, 11) is 3.04. The van der Waals surface area contributed by atoms with Crippen molar-refractivity contribution in [2.45, 2.75) is 13.3 Å². The van der Waals surface area contributed by atoms with Gasteiger partial charge in [0, 0.05) is 42.9 Å². The molecule has 1 aliphatic heterocycles. The Kier molecular flexibility index (Phi) is 6.17. The number of aromatic nitrogens is 2. The fourth-order valence-electron chi connectivity index (χ4n) is 3.85. The van der Waals surface area contributed by atoms with Crippen LogP contribution < -0.4 is 19.7 Å². The fraction of sp³-hybridized carbons (Fsp3) is 0.261. The third-order valence-electron chi connectivity index (χ3n) is 5.56. The van der Waals surface area contributed by atoms with E-state index in [0.29, 0.717) is 34.4 Å². The molecule has 1 saturated heterocycles. The van der Waals surface area contributed by atoms with E-state index in [4.69, 9.17) is 9.47 Å². The molecule has 11 heteroatoms. The summed E-state index contributed by atoms with van der Waals surface area (Å²) < 4.78 is 12.1. The van der Waals surface area contributed by atoms with Crippen LogP contribution in [0.25, 0.3) is 5.69 Å². The number of nitrogens with one attached hydrogen (secondary N) is 1. The fourth-order valence-corrected chi connectivity index (χ4v) is 3.85. The lowest BCUT2D eigenvalue weighted by atomic mass is 10.1. The Morgan fingerprint density at radius 1 is 1.09 bits per heavy atom. The van der Waals surface area contributed by atoms with E-state index in [1.165, 1.54) is 31.0 Å². The molecule has 0 bridgehead atoms. The van der Waals surface area contributed by atoms with Crippen LogP contribution in [-0.2, 0) is 9.59 Å². The molecule has 0 saturated carbocycles. The first-order valence-electron chi connectivity index (χ1n) is 10.5. The maximum atomic E-state index is 13.0. The van der Waals surface area contributed by atoms with Gasteiger partial charge in [-0.2, -0.15) is 5.10 Å². The van der Waals surface area contributed by atoms with E-state index in [2.05, 4.69) is 10.4 Å². The summed E-state index contributed by atoms with van der Waals surface area (Å²) in [6.07, 6.45) is 0.0603. The first-order chi connectivity index (χ1) is 16.3. The first kappa shape index (κ1) is 22.8. The number of benzene rings is 2. The van der Waals surface area contributed by atoms with Crippen molar-refractivity contribution in [1.82, 2.24) is 9.78 Å². The van der Waals surface area contributed by atoms with Gasteiger partial charge in [-0.05, 0) is 31.2 Å². The molecule has 1 unspecified atom stereocenters. The standard InChI is InChI=1S/C23H23N5O6/c1-14-10-21(27(25-14)16-4-6-17(7-5-16)28(31)32)24-23(30)15-11-22(29)26(13-15)18-8-9-19(33-2)20(12-18)34-3/h4-10,12,15H,11,13H2,1-3H3,(H,24,30). The molecule has 1 atom stereocenters. The molecule has 4 rings (SSSR count). The van der Waals surface area contributed by atoms with Gasteiger partial charge in [-0.3, -0.25) is 19.7 Å². The molecule has 2 heterocycles. The Balaban J connectivity index is 1.51. The number of hydrogen-bond donors (Lipinski definition) is 1. The van der Waals surface area contributed by atoms with Crippen molar-refractivity contribution in [3.63, 3.8) is 0 Å². The molecule has 0 radical (unpaired) electrons. The summed E-state index contributed by atoms with van der Waals surface area (Å²) in [4.78, 5) is 37.7. The quantitative estimate of drug-likeness (QED) is 0.419. The minimum Gasteiger partial charge on any atom is -0.493 e. The summed E-state index contributed by atoms with van der Waals surface area (Å²) in [5, 5.41) is 18.1. The number of non-ortho nitro benzene ring substituents is 1. The number of ether oxygens (including phenoxy) is 2. The number of nitrogens with zero attached hydrogens (tertiary/aromatic N) is 4. The maximum absolute atomic E-state index is 13.0. The van der Waals surface area contributed by atoms with E-state index in [1.54, 1.807) is 48.2 Å². The molecule has 176 valence electrons. The van der Waals surface area contributed by atoms with Gasteiger partial charge in [0.1, 0.15) is 5.82 Å². The lowest BCUT2D eigenvalue weighted by Crippen LogP contribution is -2.28. The molecule has 1 N–H and O–H groups in total. The Morgan fingerprint density at radius 2 is 1.76 bits per heavy atom. The van der Waals surface area contributed by atoms with Crippen molar-refractivity contribution < 1.29 is 24.0 Å². The molecular weight excluding hydrogens is 442 g/mol. The van der Waals surface area contributed by atoms with Gasteiger partial charge in [-0.25, -0.2) is 4.68 Å². The van der Waals surface area contributed by atoms with Gasteiger partial charge >= 0.3 is 0 Å². The number of carbonyl (C=O) groups is 2. The largest absolute Gasteiger partial charge is 0.493 e. The number of aryl methyl sites for hydroxylation is 1. The number of nitro benzene ring substituents is 1. The SMILES string of the molecule is COc1ccc(N2CC(C(=O)Nc3cc(C)nn3-c3ccc([N+](=O)[O-])cc3)CC2=O)cc1OC. The molecule has 0 spiro atoms. The molecule has 1 aromatic heterocycles. The van der Waals surface area contributed by atoms with Crippen molar-refractivity contribution in [3.05, 3.63) is 64.3 Å². The summed E-state index contributed by atoms with van der Waals surface area (Å²) in [5.74, 6) is 0.381. The molecule has 2 aromatic carbocycles. The highest BCUT2D eigenvalue weighted by Crippen LogP contribution is 2.34. The number of amides is 2. The predicted octanol–water partition coefficient (Wildman–Crippen LogP) is 3.10. The Morgan fingerprint density at radius 3 is 2.41 bits per heavy atom. The van der Waals surface area contributed by atoms with Crippen molar-refractivity contribution in [1.29, 1.82) is 0 Å². The molecule has 3 aromatic rings. The molecular formula is C23H23N5O6. The highest BCUT2D eigenvalue weighted by atomic mass is 16.6. The van der Waals surface area contributed by atoms with Crippen molar-refractivity contribution in [2.75, 3.05) is 31.0 Å². The smallest absolute Gasteiger partial charge is 0.269 e. The number of nitro groups is 1. The summed E-state index contributed by atoms with van der Waals surface area (Å²) in [5.41, 5.74) is 1.79. The second-order valence-electron chi connectivity index (χ2n) is 7.79. The van der Waals surface area contributed by atoms with E-state index in [9.17, 15) is 19.7 Å². The van der Waals surface area contributed by atoms with Crippen LogP contribution >= 0.6 is 0 Å². The highest BCUT2D eigenvalue weighted by molar-refractivity contribution is 6.03. The molecule has 1 aliphatic rings. The van der Waals surface area contributed by atoms with E-state index in [-0.39, 0.29) is 30.5 Å². The minimum absolute atomic E-state index is 0.0436. The normalized spacial score (nSPS) is 15.3. The minimum atomic E-state index is -0.568. The van der Waals surface area contributed by atoms with Crippen molar-refractivity contribution >= 4 is 29.0 Å². The monoisotopic (exact) mass is 465 g/mol. The van der Waals surface area contributed by atoms with Gasteiger partial charge in [0.05, 0.1) is 36.4 Å². The average Bonchev–Trinajstić information content (AvgIpc) is 3.40. The number of anilines is 2. The Labute approximate surface area is 195 Å². The van der Waals surface area contributed by atoms with Crippen molar-refractivity contribution in [3.8, 4) is 17.2 Å². The van der Waals surface area contributed by atoms with Gasteiger partial charge < -0.3 is 19.7 Å². The van der Waals surface area contributed by atoms with Gasteiger partial charge in [-0.15, -0.1) is 0 Å². The van der Waals surface area contributed by atoms with E-state index < -0.39 is 10.8 Å². The highest BCUT2D eigenvalue weighted by Gasteiger charge is 2.36. The Bertz CT molecular complexity index is 1250. The van der Waals surface area contributed by atoms with Gasteiger partial charge in [0.2, 0.25) is 11.8 Å². The van der Waals surface area contributed by atoms with Gasteiger partial charge in [-0.1, -0.05) is 0 Å². The van der Waals surface area contributed by atoms with E-state index in [1.807, 2.05) is 0 Å². The second-order valence-corrected chi connectivity index (χ2v) is 7.79. The maximum Gasteiger partial charge on any atom is 0.269 e. The average molecular weight is 465 g/mol. The van der Waals surface area contributed by atoms with Crippen LogP contribution in [0.15, 0.2) is 48.5 Å². The summed E-state index contributed by atoms with van der Waals surface area (Å²) in [6, 6.07) is 12.7. The number of methoxy groups -OCH3 is 2. The molecule has 1 fully saturated rings. The zero-order valence-electron chi connectivity index (χ0n) is 18.8. The zero-order valence-corrected chi connectivity index (χ0v) is 18.8. The third kappa shape index (κ3) is 4.40. The van der Waals surface area contributed by atoms with Gasteiger partial charge in [0.25, 0.3) is 5.69 Å². The molecule has 2 amide bonds. The lowest BCUT2D eigenvalue weighted by molar-refractivity contribution is -0.384. The van der Waals surface area contributed by atoms with Crippen LogP contribution in [0.3, 0.4) is 0 Å². The number of carbonyl (C=O) groups excluding carboxylic acids is 2. The summed E-state index contributed by atoms with van der Waals surface area (Å²) in [6.45, 7) is 1.99. The van der Waals surface area contributed by atoms with E-state index >= 15 is 0 Å². The number of hydrogen-bond acceptors (Lipinski definition) is 7. The van der Waals surface area contributed by atoms with Gasteiger partial charge in [0.15, 0.2) is 11.5 Å². The Hall–Kier alpha value is -4.41. The molecule has 0 aliphatic carbocycles. The number of rotatable bonds is 7. The molecule has 11 nitrogen and oxygen atoms in total. The van der Waals surface area contributed by atoms with Crippen molar-refractivity contribution in [2.24, 2.45) is 5.92 Å². The second kappa shape index (κ2) is 9.22. The van der Waals surface area contributed by atoms with Crippen LogP contribution in [-0.4, -0.2) is 47.3 Å². The predicted molar refractivity (Wildman–Crippen MR) is 124 cm³/mol. The van der Waals surface area contributed by atoms with Crippen LogP contribution in [0.5, 0.6) is 11.5 Å². The zero-order chi connectivity index (χ0) is 24.4. The molecule has 34 heavy (non-hydrogen) atoms. The first-order valence-corrected chi connectivity index (χ1v) is 10.5. The topological polar surface area (TPSA) is 129 Å². The van der Waals surface area contributed by atoms with Crippen LogP contribution in [0, 0.1) is 23.0 Å². The third-order valence-corrected chi connectivity index (χ3v) is 5.56. The van der Waals surface area contributed by atoms with E-state index in [0.717, 1.165) is 0 Å². The lowest BCUT2D eigenvalue weighted by Gasteiger charge is -2.18. The summed E-state index contributed by atoms with van der Waals surface area (Å²) >= 11 is 0. The van der Waals surface area contributed by atoms with Crippen LogP contribution in [0.2, 0.25) is 0 Å².